The fourth-order valence-electron chi connectivity index (χ4n) is 3.06. The molecule has 4 rings (SSSR count). The van der Waals surface area contributed by atoms with E-state index in [1.165, 1.54) is 17.9 Å². The third-order valence-corrected chi connectivity index (χ3v) is 5.61. The van der Waals surface area contributed by atoms with Gasteiger partial charge < -0.3 is 9.47 Å². The van der Waals surface area contributed by atoms with Crippen LogP contribution in [0.5, 0.6) is 5.75 Å². The van der Waals surface area contributed by atoms with Gasteiger partial charge in [0.25, 0.3) is 6.47 Å². The lowest BCUT2D eigenvalue weighted by Gasteiger charge is -2.09. The van der Waals surface area contributed by atoms with Crippen LogP contribution in [0.3, 0.4) is 0 Å². The molecule has 4 aromatic rings. The van der Waals surface area contributed by atoms with E-state index in [1.54, 1.807) is 30.1 Å². The van der Waals surface area contributed by atoms with Gasteiger partial charge in [0.2, 0.25) is 0 Å². The molecule has 0 N–H and O–H groups in total. The molecule has 0 saturated heterocycles. The molecule has 0 amide bonds. The van der Waals surface area contributed by atoms with Crippen LogP contribution in [-0.2, 0) is 16.1 Å². The first-order chi connectivity index (χ1) is 15.2. The smallest absolute Gasteiger partial charge is 0.293 e. The van der Waals surface area contributed by atoms with Crippen LogP contribution in [0.25, 0.3) is 16.9 Å². The summed E-state index contributed by atoms with van der Waals surface area (Å²) in [6.07, 6.45) is 1.68. The molecule has 0 aliphatic heterocycles. The van der Waals surface area contributed by atoms with E-state index in [2.05, 4.69) is 10.3 Å². The number of carbonyl (C=O) groups excluding carboxylic acids is 1. The zero-order chi connectivity index (χ0) is 21.6. The number of methoxy groups -OCH3 is 1. The summed E-state index contributed by atoms with van der Waals surface area (Å²) in [5.74, 6) is -0.0742. The fourth-order valence-corrected chi connectivity index (χ4v) is 4.01. The molecule has 0 unspecified atom stereocenters. The first kappa shape index (κ1) is 20.6. The molecule has 0 spiro atoms. The molecule has 1 heterocycles. The van der Waals surface area contributed by atoms with Gasteiger partial charge in [-0.2, -0.15) is 0 Å². The fraction of sp³-hybridized carbons (Fsp3) is 0.0870. The monoisotopic (exact) mass is 435 g/mol. The van der Waals surface area contributed by atoms with E-state index in [0.717, 1.165) is 20.9 Å². The normalized spacial score (nSPS) is 10.6. The Bertz CT molecular complexity index is 1190. The van der Waals surface area contributed by atoms with Gasteiger partial charge in [-0.25, -0.2) is 9.07 Å². The SMILES string of the molecule is COc1cccc(F)c1-n1cc(-c2ccccc2Sc2ccc(COC=O)cc2)nn1. The maximum atomic E-state index is 14.4. The summed E-state index contributed by atoms with van der Waals surface area (Å²) < 4.78 is 25.8. The summed E-state index contributed by atoms with van der Waals surface area (Å²) in [6, 6.07) is 20.2. The highest BCUT2D eigenvalue weighted by atomic mass is 32.2. The van der Waals surface area contributed by atoms with Crippen LogP contribution >= 0.6 is 11.8 Å². The minimum Gasteiger partial charge on any atom is -0.494 e. The molecule has 1 aromatic heterocycles. The molecular formula is C23H18FN3O3S. The summed E-state index contributed by atoms with van der Waals surface area (Å²) in [5.41, 5.74) is 2.61. The zero-order valence-corrected chi connectivity index (χ0v) is 17.4. The van der Waals surface area contributed by atoms with Crippen molar-refractivity contribution in [2.24, 2.45) is 0 Å². The average Bonchev–Trinajstić information content (AvgIpc) is 3.28. The van der Waals surface area contributed by atoms with Gasteiger partial charge in [0.15, 0.2) is 5.82 Å². The van der Waals surface area contributed by atoms with Gasteiger partial charge in [-0.1, -0.05) is 53.4 Å². The molecule has 0 aliphatic rings. The molecule has 31 heavy (non-hydrogen) atoms. The van der Waals surface area contributed by atoms with Crippen LogP contribution in [0.1, 0.15) is 5.56 Å². The van der Waals surface area contributed by atoms with E-state index in [1.807, 2.05) is 48.5 Å². The first-order valence-electron chi connectivity index (χ1n) is 9.36. The molecule has 0 saturated carbocycles. The molecule has 6 nitrogen and oxygen atoms in total. The van der Waals surface area contributed by atoms with E-state index in [9.17, 15) is 9.18 Å². The van der Waals surface area contributed by atoms with E-state index in [-0.39, 0.29) is 12.3 Å². The number of nitrogens with zero attached hydrogens (tertiary/aromatic N) is 3. The Kier molecular flexibility index (Phi) is 6.28. The lowest BCUT2D eigenvalue weighted by atomic mass is 10.2. The second kappa shape index (κ2) is 9.44. The van der Waals surface area contributed by atoms with Crippen molar-refractivity contribution in [3.8, 4) is 22.7 Å². The quantitative estimate of drug-likeness (QED) is 0.367. The third kappa shape index (κ3) is 4.59. The Morgan fingerprint density at radius 1 is 1.06 bits per heavy atom. The van der Waals surface area contributed by atoms with E-state index in [0.29, 0.717) is 17.9 Å². The minimum atomic E-state index is -0.447. The first-order valence-corrected chi connectivity index (χ1v) is 10.2. The highest BCUT2D eigenvalue weighted by molar-refractivity contribution is 7.99. The number of ether oxygens (including phenoxy) is 2. The molecule has 8 heteroatoms. The predicted octanol–water partition coefficient (Wildman–Crippen LogP) is 4.91. The maximum absolute atomic E-state index is 14.4. The predicted molar refractivity (Wildman–Crippen MR) is 115 cm³/mol. The minimum absolute atomic E-state index is 0.210. The lowest BCUT2D eigenvalue weighted by molar-refractivity contribution is -0.129. The maximum Gasteiger partial charge on any atom is 0.293 e. The Morgan fingerprint density at radius 2 is 1.87 bits per heavy atom. The highest BCUT2D eigenvalue weighted by Crippen LogP contribution is 2.36. The summed E-state index contributed by atoms with van der Waals surface area (Å²) in [5, 5.41) is 8.37. The van der Waals surface area contributed by atoms with Gasteiger partial charge in [0.05, 0.1) is 13.3 Å². The van der Waals surface area contributed by atoms with E-state index < -0.39 is 5.82 Å². The van der Waals surface area contributed by atoms with E-state index >= 15 is 0 Å². The van der Waals surface area contributed by atoms with E-state index in [4.69, 9.17) is 9.47 Å². The van der Waals surface area contributed by atoms with Gasteiger partial charge in [-0.05, 0) is 35.9 Å². The van der Waals surface area contributed by atoms with Crippen LogP contribution in [0.2, 0.25) is 0 Å². The van der Waals surface area contributed by atoms with Gasteiger partial charge in [-0.3, -0.25) is 4.79 Å². The van der Waals surface area contributed by atoms with Gasteiger partial charge in [-0.15, -0.1) is 5.10 Å². The largest absolute Gasteiger partial charge is 0.494 e. The lowest BCUT2D eigenvalue weighted by Crippen LogP contribution is -2.01. The van der Waals surface area contributed by atoms with Gasteiger partial charge in [0, 0.05) is 15.4 Å². The number of benzene rings is 3. The molecule has 3 aromatic carbocycles. The molecule has 0 radical (unpaired) electrons. The van der Waals surface area contributed by atoms with Crippen LogP contribution in [0, 0.1) is 5.82 Å². The Morgan fingerprint density at radius 3 is 2.65 bits per heavy atom. The molecular weight excluding hydrogens is 417 g/mol. The molecule has 0 aliphatic carbocycles. The van der Waals surface area contributed by atoms with Crippen LogP contribution in [0.4, 0.5) is 4.39 Å². The third-order valence-electron chi connectivity index (χ3n) is 4.52. The summed E-state index contributed by atoms with van der Waals surface area (Å²) in [7, 11) is 1.48. The number of rotatable bonds is 8. The van der Waals surface area contributed by atoms with Crippen molar-refractivity contribution >= 4 is 18.2 Å². The average molecular weight is 435 g/mol. The van der Waals surface area contributed by atoms with Gasteiger partial charge in [0.1, 0.15) is 23.7 Å². The van der Waals surface area contributed by atoms with Crippen molar-refractivity contribution in [3.63, 3.8) is 0 Å². The van der Waals surface area contributed by atoms with Crippen molar-refractivity contribution in [3.05, 3.63) is 84.3 Å². The standard InChI is InChI=1S/C23H18FN3O3S/c1-29-21-7-4-6-19(24)23(21)27-13-20(25-26-27)18-5-2-3-8-22(18)31-17-11-9-16(10-12-17)14-30-15-28/h2-13,15H,14H2,1H3. The molecule has 156 valence electrons. The van der Waals surface area contributed by atoms with Crippen molar-refractivity contribution in [2.45, 2.75) is 16.4 Å². The molecule has 0 fully saturated rings. The van der Waals surface area contributed by atoms with Crippen molar-refractivity contribution in [1.82, 2.24) is 15.0 Å². The second-order valence-corrected chi connectivity index (χ2v) is 7.60. The number of para-hydroxylation sites is 1. The Hall–Kier alpha value is -3.65. The van der Waals surface area contributed by atoms with Crippen molar-refractivity contribution in [1.29, 1.82) is 0 Å². The number of halogens is 1. The number of aromatic nitrogens is 3. The van der Waals surface area contributed by atoms with Gasteiger partial charge >= 0.3 is 0 Å². The topological polar surface area (TPSA) is 66.2 Å². The number of carbonyl (C=O) groups is 1. The van der Waals surface area contributed by atoms with Crippen LogP contribution in [0.15, 0.2) is 82.7 Å². The molecule has 0 bridgehead atoms. The summed E-state index contributed by atoms with van der Waals surface area (Å²) in [4.78, 5) is 12.3. The zero-order valence-electron chi connectivity index (χ0n) is 16.6. The number of hydrogen-bond acceptors (Lipinski definition) is 6. The van der Waals surface area contributed by atoms with Crippen molar-refractivity contribution < 1.29 is 18.7 Å². The Labute approximate surface area is 182 Å². The summed E-state index contributed by atoms with van der Waals surface area (Å²) >= 11 is 1.57. The summed E-state index contributed by atoms with van der Waals surface area (Å²) in [6.45, 7) is 0.677. The van der Waals surface area contributed by atoms with Crippen LogP contribution < -0.4 is 4.74 Å². The second-order valence-electron chi connectivity index (χ2n) is 6.49. The Balaban J connectivity index is 1.62. The molecule has 0 atom stereocenters. The van der Waals surface area contributed by atoms with Crippen molar-refractivity contribution in [2.75, 3.05) is 7.11 Å². The number of hydrogen-bond donors (Lipinski definition) is 0. The van der Waals surface area contributed by atoms with Crippen LogP contribution in [-0.4, -0.2) is 28.6 Å². The highest BCUT2D eigenvalue weighted by Gasteiger charge is 2.16.